The second kappa shape index (κ2) is 39.8. The molecule has 0 saturated heterocycles. The minimum atomic E-state index is -4.14. The number of sulfone groups is 1. The summed E-state index contributed by atoms with van der Waals surface area (Å²) in [6.45, 7) is 0. The molecule has 0 radical (unpaired) electrons. The number of benzene rings is 7. The van der Waals surface area contributed by atoms with Gasteiger partial charge in [-0.2, -0.15) is 0 Å². The topological polar surface area (TPSA) is 375 Å². The van der Waals surface area contributed by atoms with E-state index in [1.54, 1.807) is 72.9 Å². The van der Waals surface area contributed by atoms with Crippen molar-refractivity contribution in [3.63, 3.8) is 0 Å². The number of nitrogens with zero attached hydrogens (tertiary/aromatic N) is 4. The highest BCUT2D eigenvalue weighted by molar-refractivity contribution is 9.10. The monoisotopic (exact) mass is 1680 g/mol. The molecule has 0 saturated carbocycles. The summed E-state index contributed by atoms with van der Waals surface area (Å²) < 4.78 is 89.5. The van der Waals surface area contributed by atoms with Crippen molar-refractivity contribution in [3.8, 4) is 33.4 Å². The summed E-state index contributed by atoms with van der Waals surface area (Å²) in [5.74, 6) is -3.59. The first kappa shape index (κ1) is 84.7. The van der Waals surface area contributed by atoms with E-state index in [1.165, 1.54) is 101 Å². The Bertz CT molecular complexity index is 5200. The molecule has 0 aliphatic rings. The smallest absolute Gasteiger partial charge is 0.476 e. The van der Waals surface area contributed by atoms with Gasteiger partial charge >= 0.3 is 31.0 Å². The van der Waals surface area contributed by atoms with Gasteiger partial charge in [0.1, 0.15) is 0 Å². The Kier molecular flexibility index (Phi) is 32.1. The molecule has 544 valence electrons. The quantitative estimate of drug-likeness (QED) is 0.0240. The lowest BCUT2D eigenvalue weighted by Crippen LogP contribution is -2.29. The average Bonchev–Trinajstić information content (AvgIpc) is 0.809. The van der Waals surface area contributed by atoms with E-state index in [0.29, 0.717) is 28.0 Å². The average molecular weight is 1690 g/mol. The van der Waals surface area contributed by atoms with Crippen molar-refractivity contribution in [2.45, 2.75) is 20.4 Å². The first-order valence-corrected chi connectivity index (χ1v) is 37.9. The number of ether oxygens (including phenoxy) is 3. The second-order valence-electron chi connectivity index (χ2n) is 20.9. The molecule has 0 spiro atoms. The first-order valence-electron chi connectivity index (χ1n) is 29.4. The molecule has 105 heavy (non-hydrogen) atoms. The van der Waals surface area contributed by atoms with Crippen molar-refractivity contribution in [2.75, 3.05) is 37.5 Å². The Balaban J connectivity index is 0.000000207. The molecule has 23 nitrogen and oxygen atoms in total. The van der Waals surface area contributed by atoms with E-state index < -0.39 is 71.4 Å². The van der Waals surface area contributed by atoms with Crippen LogP contribution < -0.4 is 21.7 Å². The van der Waals surface area contributed by atoms with Crippen LogP contribution in [0.1, 0.15) is 47.5 Å². The van der Waals surface area contributed by atoms with E-state index in [1.807, 2.05) is 72.8 Å². The summed E-state index contributed by atoms with van der Waals surface area (Å²) in [7, 11) is -4.21. The van der Waals surface area contributed by atoms with E-state index in [9.17, 15) is 49.5 Å². The van der Waals surface area contributed by atoms with Gasteiger partial charge in [-0.3, -0.25) is 4.72 Å². The Hall–Kier alpha value is -9.24. The molecule has 0 amide bonds. The van der Waals surface area contributed by atoms with Crippen LogP contribution in [0.4, 0.5) is 17.1 Å². The Labute approximate surface area is 646 Å². The lowest BCUT2D eigenvalue weighted by Gasteiger charge is -2.12. The van der Waals surface area contributed by atoms with Crippen LogP contribution in [0.25, 0.3) is 33.4 Å². The van der Waals surface area contributed by atoms with Crippen molar-refractivity contribution >= 4 is 179 Å². The highest BCUT2D eigenvalue weighted by Crippen LogP contribution is 2.32. The standard InChI is InChI=1S/C20H15Cl2NO4S.C18H12Cl2N2O4S.C13H12N2O2.C7H7BrN2O2.C6H7BO2.C6H3Cl3O2S/c1-27-20(24)19-15(7-14(11-23-19)13-5-3-2-4-6-13)12-28(25,26)18-9-16(21)8-17(22)10-18;19-13-7-14(20)9-15(8-13)27(25,26)22-16-6-12(10-21-17(16)18(23)24)11-4-2-1-3-5-11;1-17-13(16)12-11(14)7-10(8-15-12)9-5-3-2-4-6-9;1-12-7(11)6-5(9)2-4(8)3-10-6;8-7(9)6-4-2-1-3-5-6;7-4-1-5(8)3-6(2-4)12(9,10)11/h2-11H,12H2,1H3;1-10,22H,(H,23,24);2-8H,14H2,1H3;2-3H,9H2,1H3;1-5,8-9H;1-3H. The lowest BCUT2D eigenvalue weighted by atomic mass is 9.81. The minimum absolute atomic E-state index is 0.0362. The van der Waals surface area contributed by atoms with Crippen molar-refractivity contribution < 1.29 is 73.8 Å². The molecule has 7 aromatic carbocycles. The number of pyridine rings is 4. The molecule has 4 heterocycles. The van der Waals surface area contributed by atoms with Crippen LogP contribution in [-0.2, 0) is 48.9 Å². The van der Waals surface area contributed by atoms with Gasteiger partial charge in [-0.05, 0) is 117 Å². The van der Waals surface area contributed by atoms with Crippen molar-refractivity contribution in [2.24, 2.45) is 0 Å². The summed E-state index contributed by atoms with van der Waals surface area (Å²) in [4.78, 5) is 61.4. The Morgan fingerprint density at radius 1 is 0.448 bits per heavy atom. The van der Waals surface area contributed by atoms with Gasteiger partial charge in [0.2, 0.25) is 0 Å². The number of carbonyl (C=O) groups excluding carboxylic acids is 3. The number of aromatic carboxylic acids is 1. The third-order valence-electron chi connectivity index (χ3n) is 13.5. The molecule has 0 unspecified atom stereocenters. The van der Waals surface area contributed by atoms with Gasteiger partial charge in [0.05, 0.1) is 58.8 Å². The normalized spacial score (nSPS) is 10.7. The predicted octanol–water partition coefficient (Wildman–Crippen LogP) is 15.0. The zero-order chi connectivity index (χ0) is 77.3. The molecule has 0 aliphatic carbocycles. The maximum Gasteiger partial charge on any atom is 0.488 e. The number of methoxy groups -OCH3 is 3. The molecule has 11 aromatic rings. The SMILES string of the molecule is COC(=O)c1ncc(-c2ccccc2)cc1CS(=O)(=O)c1cc(Cl)cc(Cl)c1.COC(=O)c1ncc(-c2ccccc2)cc1N.COC(=O)c1ncc(Br)cc1N.O=C(O)c1ncc(-c2ccccc2)cc1NS(=O)(=O)c1cc(Cl)cc(Cl)c1.O=S(=O)(Cl)c1cc(Cl)cc(Cl)c1.OB(O)c1ccccc1. The number of hydrogen-bond acceptors (Lipinski definition) is 21. The third kappa shape index (κ3) is 26.1. The molecular formula is C70H56BBrCl7N7O16S3. The van der Waals surface area contributed by atoms with Crippen molar-refractivity contribution in [3.05, 3.63) is 288 Å². The molecule has 4 aromatic heterocycles. The van der Waals surface area contributed by atoms with Gasteiger partial charge in [0.25, 0.3) is 19.1 Å². The zero-order valence-electron chi connectivity index (χ0n) is 54.5. The number of carboxylic acid groups (broad SMARTS) is 1. The van der Waals surface area contributed by atoms with Crippen LogP contribution in [0.3, 0.4) is 0 Å². The van der Waals surface area contributed by atoms with Crippen LogP contribution in [0.5, 0.6) is 0 Å². The number of nitrogen functional groups attached to an aromatic ring is 2. The molecular weight excluding hydrogens is 1630 g/mol. The molecule has 0 fully saturated rings. The van der Waals surface area contributed by atoms with E-state index in [2.05, 4.69) is 50.1 Å². The summed E-state index contributed by atoms with van der Waals surface area (Å²) in [5, 5.41) is 27.7. The number of anilines is 3. The van der Waals surface area contributed by atoms with E-state index in [4.69, 9.17) is 107 Å². The van der Waals surface area contributed by atoms with Gasteiger partial charge < -0.3 is 40.8 Å². The van der Waals surface area contributed by atoms with Crippen LogP contribution in [0, 0.1) is 0 Å². The van der Waals surface area contributed by atoms with Crippen molar-refractivity contribution in [1.29, 1.82) is 0 Å². The summed E-state index contributed by atoms with van der Waals surface area (Å²) in [6, 6.07) is 54.8. The highest BCUT2D eigenvalue weighted by Gasteiger charge is 2.25. The fraction of sp³-hybridized carbons (Fsp3) is 0.0571. The number of hydrogen-bond donors (Lipinski definition) is 6. The van der Waals surface area contributed by atoms with Crippen LogP contribution >= 0.6 is 96.2 Å². The van der Waals surface area contributed by atoms with Gasteiger partial charge in [0.15, 0.2) is 32.6 Å². The van der Waals surface area contributed by atoms with Gasteiger partial charge in [-0.25, -0.2) is 64.4 Å². The fourth-order valence-corrected chi connectivity index (χ4v) is 14.3. The Morgan fingerprint density at radius 2 is 0.790 bits per heavy atom. The van der Waals surface area contributed by atoms with Gasteiger partial charge in [-0.1, -0.05) is 191 Å². The minimum Gasteiger partial charge on any atom is -0.476 e. The Morgan fingerprint density at radius 3 is 1.16 bits per heavy atom. The third-order valence-corrected chi connectivity index (χ3v) is 19.5. The summed E-state index contributed by atoms with van der Waals surface area (Å²) >= 11 is 37.9. The lowest BCUT2D eigenvalue weighted by molar-refractivity contribution is 0.0585. The zero-order valence-corrected chi connectivity index (χ0v) is 63.8. The molecule has 0 bridgehead atoms. The maximum absolute atomic E-state index is 12.9. The first-order chi connectivity index (χ1) is 49.6. The van der Waals surface area contributed by atoms with E-state index in [-0.39, 0.29) is 73.2 Å². The number of aromatic nitrogens is 4. The molecule has 0 aliphatic heterocycles. The summed E-state index contributed by atoms with van der Waals surface area (Å²) in [5.41, 5.74) is 17.0. The van der Waals surface area contributed by atoms with Crippen LogP contribution in [0.2, 0.25) is 30.1 Å². The summed E-state index contributed by atoms with van der Waals surface area (Å²) in [6.07, 6.45) is 5.97. The van der Waals surface area contributed by atoms with Crippen molar-refractivity contribution in [1.82, 2.24) is 19.9 Å². The predicted molar refractivity (Wildman–Crippen MR) is 411 cm³/mol. The van der Waals surface area contributed by atoms with Gasteiger partial charge in [-0.15, -0.1) is 0 Å². The molecule has 11 rings (SSSR count). The molecule has 8 N–H and O–H groups in total. The number of carbonyl (C=O) groups is 4. The highest BCUT2D eigenvalue weighted by atomic mass is 79.9. The number of rotatable bonds is 15. The number of sulfonamides is 1. The number of carboxylic acids is 1. The number of esters is 3. The number of nitrogens with one attached hydrogen (secondary N) is 1. The largest absolute Gasteiger partial charge is 0.488 e. The number of halogens is 8. The van der Waals surface area contributed by atoms with Crippen LogP contribution in [-0.4, -0.2) is 113 Å². The van der Waals surface area contributed by atoms with E-state index >= 15 is 0 Å². The second-order valence-corrected chi connectivity index (χ2v) is 30.7. The van der Waals surface area contributed by atoms with Gasteiger partial charge in [0, 0.05) is 92.3 Å². The molecule has 35 heteroatoms. The molecule has 0 atom stereocenters. The fourth-order valence-electron chi connectivity index (χ4n) is 8.63. The number of nitrogens with two attached hydrogens (primary N) is 2. The van der Waals surface area contributed by atoms with Crippen LogP contribution in [0.15, 0.2) is 244 Å². The maximum atomic E-state index is 12.9. The van der Waals surface area contributed by atoms with E-state index in [0.717, 1.165) is 26.7 Å².